The molecule has 2 aliphatic rings. The van der Waals surface area contributed by atoms with Gasteiger partial charge in [-0.05, 0) is 61.6 Å². The number of benzene rings is 2. The molecule has 1 saturated heterocycles. The number of piperidine rings is 1. The molecule has 1 aliphatic heterocycles. The van der Waals surface area contributed by atoms with E-state index in [2.05, 4.69) is 14.9 Å². The lowest BCUT2D eigenvalue weighted by Gasteiger charge is -2.32. The minimum Gasteiger partial charge on any atom is -0.349 e. The van der Waals surface area contributed by atoms with Crippen molar-refractivity contribution in [3.8, 4) is 0 Å². The summed E-state index contributed by atoms with van der Waals surface area (Å²) in [6.07, 6.45) is 6.13. The van der Waals surface area contributed by atoms with E-state index in [4.69, 9.17) is 0 Å². The van der Waals surface area contributed by atoms with E-state index in [1.165, 1.54) is 12.8 Å². The zero-order valence-electron chi connectivity index (χ0n) is 16.8. The molecule has 4 rings (SSSR count). The van der Waals surface area contributed by atoms with Gasteiger partial charge in [0, 0.05) is 36.4 Å². The van der Waals surface area contributed by atoms with E-state index in [9.17, 15) is 13.2 Å². The Morgan fingerprint density at radius 3 is 2.23 bits per heavy atom. The van der Waals surface area contributed by atoms with Gasteiger partial charge < -0.3 is 10.2 Å². The van der Waals surface area contributed by atoms with Crippen molar-refractivity contribution in [1.82, 2.24) is 10.2 Å². The lowest BCUT2D eigenvalue weighted by molar-refractivity contribution is 0.0909. The second-order valence-corrected chi connectivity index (χ2v) is 9.52. The topological polar surface area (TPSA) is 78.5 Å². The summed E-state index contributed by atoms with van der Waals surface area (Å²) in [5, 5.41) is 4.24. The lowest BCUT2D eigenvalue weighted by atomic mass is 10.0. The zero-order chi connectivity index (χ0) is 21.0. The number of hydrogen-bond acceptors (Lipinski definition) is 4. The summed E-state index contributed by atoms with van der Waals surface area (Å²) in [6, 6.07) is 16.7. The molecule has 0 atom stereocenters. The highest BCUT2D eigenvalue weighted by Gasteiger charge is 2.32. The van der Waals surface area contributed by atoms with E-state index in [0.29, 0.717) is 11.3 Å². The average molecular weight is 426 g/mol. The van der Waals surface area contributed by atoms with E-state index in [-0.39, 0.29) is 11.9 Å². The third kappa shape index (κ3) is 5.70. The number of rotatable bonds is 7. The second-order valence-electron chi connectivity index (χ2n) is 7.95. The fraction of sp³-hybridized carbons (Fsp3) is 0.348. The second kappa shape index (κ2) is 9.02. The quantitative estimate of drug-likeness (QED) is 0.712. The van der Waals surface area contributed by atoms with E-state index < -0.39 is 10.0 Å². The SMILES string of the molecule is O=C(NC1CCN(C2CC2)CC1)c1ccc(NS(=O)(=O)/C=C/c2ccccc2)cc1. The smallest absolute Gasteiger partial charge is 0.255 e. The first-order chi connectivity index (χ1) is 14.5. The van der Waals surface area contributed by atoms with Gasteiger partial charge in [-0.1, -0.05) is 30.3 Å². The Hall–Kier alpha value is -2.64. The Balaban J connectivity index is 1.30. The van der Waals surface area contributed by atoms with Crippen LogP contribution in [-0.2, 0) is 10.0 Å². The number of sulfonamides is 1. The van der Waals surface area contributed by atoms with Gasteiger partial charge in [-0.15, -0.1) is 0 Å². The van der Waals surface area contributed by atoms with Crippen molar-refractivity contribution in [1.29, 1.82) is 0 Å². The van der Waals surface area contributed by atoms with Crippen LogP contribution >= 0.6 is 0 Å². The van der Waals surface area contributed by atoms with Crippen LogP contribution in [0.1, 0.15) is 41.6 Å². The average Bonchev–Trinajstić information content (AvgIpc) is 3.59. The molecule has 2 aromatic rings. The number of nitrogens with one attached hydrogen (secondary N) is 2. The Morgan fingerprint density at radius 1 is 0.933 bits per heavy atom. The summed E-state index contributed by atoms with van der Waals surface area (Å²) in [6.45, 7) is 2.10. The van der Waals surface area contributed by atoms with Crippen LogP contribution in [0, 0.1) is 0 Å². The largest absolute Gasteiger partial charge is 0.349 e. The number of carbonyl (C=O) groups is 1. The van der Waals surface area contributed by atoms with Crippen LogP contribution in [0.5, 0.6) is 0 Å². The predicted octanol–water partition coefficient (Wildman–Crippen LogP) is 3.46. The molecule has 2 aromatic carbocycles. The summed E-state index contributed by atoms with van der Waals surface area (Å²) in [5.74, 6) is -0.113. The van der Waals surface area contributed by atoms with E-state index >= 15 is 0 Å². The maximum Gasteiger partial charge on any atom is 0.255 e. The van der Waals surface area contributed by atoms with Crippen LogP contribution in [0.3, 0.4) is 0 Å². The van der Waals surface area contributed by atoms with Gasteiger partial charge in [-0.25, -0.2) is 8.42 Å². The molecule has 0 unspecified atom stereocenters. The van der Waals surface area contributed by atoms with Crippen molar-refractivity contribution >= 4 is 27.7 Å². The van der Waals surface area contributed by atoms with Gasteiger partial charge in [0.15, 0.2) is 0 Å². The third-order valence-electron chi connectivity index (χ3n) is 5.57. The molecule has 0 spiro atoms. The lowest BCUT2D eigenvalue weighted by Crippen LogP contribution is -2.45. The Bertz CT molecular complexity index is 992. The van der Waals surface area contributed by atoms with Gasteiger partial charge in [0.1, 0.15) is 0 Å². The number of carbonyl (C=O) groups excluding carboxylic acids is 1. The van der Waals surface area contributed by atoms with Crippen LogP contribution in [0.4, 0.5) is 5.69 Å². The van der Waals surface area contributed by atoms with Gasteiger partial charge in [-0.2, -0.15) is 0 Å². The van der Waals surface area contributed by atoms with E-state index in [0.717, 1.165) is 42.9 Å². The molecular formula is C23H27N3O3S. The van der Waals surface area contributed by atoms with Gasteiger partial charge in [0.25, 0.3) is 15.9 Å². The standard InChI is InChI=1S/C23H27N3O3S/c27-23(24-20-12-15-26(16-13-20)22-10-11-22)19-6-8-21(9-7-19)25-30(28,29)17-14-18-4-2-1-3-5-18/h1-9,14,17,20,22,25H,10-13,15-16H2,(H,24,27)/b17-14+. The number of anilines is 1. The summed E-state index contributed by atoms with van der Waals surface area (Å²) in [5.41, 5.74) is 1.75. The molecule has 0 radical (unpaired) electrons. The third-order valence-corrected chi connectivity index (χ3v) is 6.59. The molecule has 6 nitrogen and oxygen atoms in total. The van der Waals surface area contributed by atoms with Crippen LogP contribution in [0.2, 0.25) is 0 Å². The minimum atomic E-state index is -3.63. The highest BCUT2D eigenvalue weighted by molar-refractivity contribution is 7.95. The number of nitrogens with zero attached hydrogens (tertiary/aromatic N) is 1. The van der Waals surface area contributed by atoms with Gasteiger partial charge >= 0.3 is 0 Å². The first kappa shape index (κ1) is 20.6. The van der Waals surface area contributed by atoms with Gasteiger partial charge in [0.2, 0.25) is 0 Å². The highest BCUT2D eigenvalue weighted by atomic mass is 32.2. The first-order valence-corrected chi connectivity index (χ1v) is 11.9. The van der Waals surface area contributed by atoms with Crippen molar-refractivity contribution in [3.63, 3.8) is 0 Å². The molecule has 1 amide bonds. The molecule has 2 N–H and O–H groups in total. The summed E-state index contributed by atoms with van der Waals surface area (Å²) in [7, 11) is -3.63. The minimum absolute atomic E-state index is 0.113. The van der Waals surface area contributed by atoms with E-state index in [1.807, 2.05) is 30.3 Å². The Kier molecular flexibility index (Phi) is 6.20. The molecule has 7 heteroatoms. The van der Waals surface area contributed by atoms with E-state index in [1.54, 1.807) is 30.3 Å². The maximum atomic E-state index is 12.5. The summed E-state index contributed by atoms with van der Waals surface area (Å²) >= 11 is 0. The molecule has 2 fully saturated rings. The van der Waals surface area contributed by atoms with Crippen molar-refractivity contribution in [2.24, 2.45) is 0 Å². The van der Waals surface area contributed by atoms with Gasteiger partial charge in [-0.3, -0.25) is 9.52 Å². The fourth-order valence-corrected chi connectivity index (χ4v) is 4.61. The highest BCUT2D eigenvalue weighted by Crippen LogP contribution is 2.29. The van der Waals surface area contributed by atoms with Crippen molar-refractivity contribution < 1.29 is 13.2 Å². The first-order valence-electron chi connectivity index (χ1n) is 10.4. The molecule has 1 aliphatic carbocycles. The fourth-order valence-electron chi connectivity index (χ4n) is 3.74. The summed E-state index contributed by atoms with van der Waals surface area (Å²) in [4.78, 5) is 15.0. The number of likely N-dealkylation sites (tertiary alicyclic amines) is 1. The van der Waals surface area contributed by atoms with Crippen molar-refractivity contribution in [3.05, 3.63) is 71.1 Å². The Morgan fingerprint density at radius 2 is 1.60 bits per heavy atom. The predicted molar refractivity (Wildman–Crippen MR) is 120 cm³/mol. The van der Waals surface area contributed by atoms with Crippen molar-refractivity contribution in [2.45, 2.75) is 37.8 Å². The molecule has 0 aromatic heterocycles. The molecule has 30 heavy (non-hydrogen) atoms. The molecular weight excluding hydrogens is 398 g/mol. The molecule has 1 saturated carbocycles. The molecule has 0 bridgehead atoms. The number of hydrogen-bond donors (Lipinski definition) is 2. The van der Waals surface area contributed by atoms with Crippen molar-refractivity contribution in [2.75, 3.05) is 17.8 Å². The van der Waals surface area contributed by atoms with Crippen LogP contribution in [0.15, 0.2) is 60.0 Å². The van der Waals surface area contributed by atoms with Crippen LogP contribution in [-0.4, -0.2) is 44.4 Å². The summed E-state index contributed by atoms with van der Waals surface area (Å²) < 4.78 is 27.0. The normalized spacial score (nSPS) is 18.4. The molecule has 158 valence electrons. The molecule has 1 heterocycles. The maximum absolute atomic E-state index is 12.5. The zero-order valence-corrected chi connectivity index (χ0v) is 17.6. The van der Waals surface area contributed by atoms with Crippen LogP contribution < -0.4 is 10.0 Å². The monoisotopic (exact) mass is 425 g/mol. The Labute approximate surface area is 178 Å². The van der Waals surface area contributed by atoms with Crippen LogP contribution in [0.25, 0.3) is 6.08 Å². The number of amides is 1. The van der Waals surface area contributed by atoms with Gasteiger partial charge in [0.05, 0.1) is 5.41 Å².